The Morgan fingerprint density at radius 1 is 1.44 bits per heavy atom. The molecule has 100 valence electrons. The summed E-state index contributed by atoms with van der Waals surface area (Å²) in [5.74, 6) is 0. The topological polar surface area (TPSA) is 49.4 Å². The number of nitrogens with zero attached hydrogens (tertiary/aromatic N) is 1. The van der Waals surface area contributed by atoms with E-state index in [1.165, 1.54) is 4.31 Å². The van der Waals surface area contributed by atoms with Gasteiger partial charge in [0.25, 0.3) is 0 Å². The van der Waals surface area contributed by atoms with Crippen molar-refractivity contribution in [1.29, 1.82) is 0 Å². The van der Waals surface area contributed by atoms with Crippen molar-refractivity contribution in [2.45, 2.75) is 18.4 Å². The maximum absolute atomic E-state index is 12.4. The summed E-state index contributed by atoms with van der Waals surface area (Å²) in [6, 6.07) is 5.34. The summed E-state index contributed by atoms with van der Waals surface area (Å²) in [6.45, 7) is 6.35. The Bertz CT molecular complexity index is 524. The Balaban J connectivity index is 3.24. The van der Waals surface area contributed by atoms with Crippen LogP contribution in [0.2, 0.25) is 0 Å². The van der Waals surface area contributed by atoms with Gasteiger partial charge in [0.1, 0.15) is 0 Å². The number of sulfonamides is 1. The predicted octanol–water partition coefficient (Wildman–Crippen LogP) is 1.52. The average Bonchev–Trinajstić information content (AvgIpc) is 2.32. The summed E-state index contributed by atoms with van der Waals surface area (Å²) in [5, 5.41) is 3.03. The third-order valence-corrected chi connectivity index (χ3v) is 4.81. The maximum Gasteiger partial charge on any atom is 0.243 e. The molecule has 18 heavy (non-hydrogen) atoms. The summed E-state index contributed by atoms with van der Waals surface area (Å²) in [7, 11) is -0.0438. The molecule has 0 bridgehead atoms. The normalized spacial score (nSPS) is 11.8. The third kappa shape index (κ3) is 2.98. The van der Waals surface area contributed by atoms with Crippen molar-refractivity contribution < 1.29 is 8.42 Å². The van der Waals surface area contributed by atoms with Gasteiger partial charge in [-0.2, -0.15) is 4.31 Å². The van der Waals surface area contributed by atoms with E-state index in [0.29, 0.717) is 18.0 Å². The number of likely N-dealkylation sites (N-methyl/N-ethyl adjacent to an activating group) is 1. The summed E-state index contributed by atoms with van der Waals surface area (Å²) in [5.41, 5.74) is 1.79. The average molecular weight is 268 g/mol. The molecule has 0 aromatic heterocycles. The molecule has 0 aliphatic heterocycles. The van der Waals surface area contributed by atoms with Crippen molar-refractivity contribution >= 4 is 10.0 Å². The molecule has 0 unspecified atom stereocenters. The van der Waals surface area contributed by atoms with Crippen molar-refractivity contribution in [2.24, 2.45) is 0 Å². The molecule has 1 rings (SSSR count). The molecule has 0 fully saturated rings. The predicted molar refractivity (Wildman–Crippen MR) is 74.0 cm³/mol. The van der Waals surface area contributed by atoms with E-state index >= 15 is 0 Å². The maximum atomic E-state index is 12.4. The number of hydrogen-bond acceptors (Lipinski definition) is 3. The highest BCUT2D eigenvalue weighted by atomic mass is 32.2. The number of hydrogen-bond donors (Lipinski definition) is 1. The van der Waals surface area contributed by atoms with Gasteiger partial charge in [0.2, 0.25) is 10.0 Å². The van der Waals surface area contributed by atoms with Gasteiger partial charge in [-0.3, -0.25) is 0 Å². The molecule has 4 nitrogen and oxygen atoms in total. The highest BCUT2D eigenvalue weighted by molar-refractivity contribution is 7.89. The molecule has 1 aromatic carbocycles. The lowest BCUT2D eigenvalue weighted by Crippen LogP contribution is -2.28. The van der Waals surface area contributed by atoms with Crippen LogP contribution in [0.5, 0.6) is 0 Å². The van der Waals surface area contributed by atoms with Crippen LogP contribution in [0, 0.1) is 6.92 Å². The van der Waals surface area contributed by atoms with E-state index in [-0.39, 0.29) is 0 Å². The fourth-order valence-corrected chi connectivity index (χ4v) is 3.18. The Morgan fingerprint density at radius 2 is 2.11 bits per heavy atom. The minimum Gasteiger partial charge on any atom is -0.316 e. The van der Waals surface area contributed by atoms with Gasteiger partial charge < -0.3 is 5.32 Å². The first-order valence-corrected chi connectivity index (χ1v) is 7.19. The number of benzene rings is 1. The van der Waals surface area contributed by atoms with E-state index in [9.17, 15) is 8.42 Å². The Hall–Kier alpha value is -1.17. The molecule has 0 aliphatic rings. The van der Waals surface area contributed by atoms with Crippen LogP contribution in [-0.4, -0.2) is 33.4 Å². The minimum absolute atomic E-state index is 0.304. The van der Waals surface area contributed by atoms with Crippen LogP contribution >= 0.6 is 0 Å². The quantitative estimate of drug-likeness (QED) is 0.796. The zero-order valence-electron chi connectivity index (χ0n) is 11.1. The van der Waals surface area contributed by atoms with E-state index < -0.39 is 10.0 Å². The molecule has 0 saturated heterocycles. The van der Waals surface area contributed by atoms with Gasteiger partial charge in [0, 0.05) is 20.1 Å². The highest BCUT2D eigenvalue weighted by Gasteiger charge is 2.22. The second kappa shape index (κ2) is 6.13. The smallest absolute Gasteiger partial charge is 0.243 e. The number of rotatable bonds is 6. The Labute approximate surface area is 109 Å². The largest absolute Gasteiger partial charge is 0.316 e. The monoisotopic (exact) mass is 268 g/mol. The van der Waals surface area contributed by atoms with Gasteiger partial charge in [0.05, 0.1) is 4.90 Å². The summed E-state index contributed by atoms with van der Waals surface area (Å²) in [4.78, 5) is 0.361. The molecular formula is C13H20N2O2S. The second-order valence-corrected chi connectivity index (χ2v) is 6.16. The van der Waals surface area contributed by atoms with Crippen molar-refractivity contribution in [3.05, 3.63) is 42.0 Å². The molecule has 0 amide bonds. The van der Waals surface area contributed by atoms with Crippen molar-refractivity contribution in [2.75, 3.05) is 20.6 Å². The van der Waals surface area contributed by atoms with Gasteiger partial charge in [-0.15, -0.1) is 6.58 Å². The van der Waals surface area contributed by atoms with Crippen LogP contribution in [0.4, 0.5) is 0 Å². The Morgan fingerprint density at radius 3 is 2.67 bits per heavy atom. The minimum atomic E-state index is -3.44. The summed E-state index contributed by atoms with van der Waals surface area (Å²) < 4.78 is 26.0. The molecule has 0 radical (unpaired) electrons. The third-order valence-electron chi connectivity index (χ3n) is 2.84. The SMILES string of the molecule is C=CCN(C)S(=O)(=O)c1cccc(CNC)c1C. The van der Waals surface area contributed by atoms with Crippen molar-refractivity contribution in [1.82, 2.24) is 9.62 Å². The molecule has 0 aliphatic carbocycles. The van der Waals surface area contributed by atoms with Gasteiger partial charge >= 0.3 is 0 Å². The lowest BCUT2D eigenvalue weighted by Gasteiger charge is -2.18. The first-order valence-electron chi connectivity index (χ1n) is 5.75. The molecule has 0 saturated carbocycles. The molecule has 5 heteroatoms. The summed E-state index contributed by atoms with van der Waals surface area (Å²) >= 11 is 0. The lowest BCUT2D eigenvalue weighted by atomic mass is 10.1. The van der Waals surface area contributed by atoms with Crippen LogP contribution in [0.3, 0.4) is 0 Å². The molecule has 0 heterocycles. The molecule has 0 atom stereocenters. The molecule has 0 spiro atoms. The van der Waals surface area contributed by atoms with Crippen molar-refractivity contribution in [3.63, 3.8) is 0 Å². The second-order valence-electron chi connectivity index (χ2n) is 4.14. The first kappa shape index (κ1) is 14.9. The van der Waals surface area contributed by atoms with Gasteiger partial charge in [0.15, 0.2) is 0 Å². The number of nitrogens with one attached hydrogen (secondary N) is 1. The van der Waals surface area contributed by atoms with Crippen LogP contribution in [0.15, 0.2) is 35.7 Å². The zero-order valence-corrected chi connectivity index (χ0v) is 11.9. The van der Waals surface area contributed by atoms with Gasteiger partial charge in [-0.1, -0.05) is 18.2 Å². The van der Waals surface area contributed by atoms with Crippen molar-refractivity contribution in [3.8, 4) is 0 Å². The van der Waals surface area contributed by atoms with E-state index in [2.05, 4.69) is 11.9 Å². The van der Waals surface area contributed by atoms with E-state index in [1.807, 2.05) is 20.0 Å². The van der Waals surface area contributed by atoms with E-state index in [4.69, 9.17) is 0 Å². The van der Waals surface area contributed by atoms with Gasteiger partial charge in [-0.25, -0.2) is 8.42 Å². The Kier molecular flexibility index (Phi) is 5.07. The fourth-order valence-electron chi connectivity index (χ4n) is 1.77. The van der Waals surface area contributed by atoms with Crippen LogP contribution in [-0.2, 0) is 16.6 Å². The van der Waals surface area contributed by atoms with E-state index in [0.717, 1.165) is 11.1 Å². The van der Waals surface area contributed by atoms with E-state index in [1.54, 1.807) is 25.3 Å². The molecule has 1 N–H and O–H groups in total. The molecule has 1 aromatic rings. The highest BCUT2D eigenvalue weighted by Crippen LogP contribution is 2.21. The first-order chi connectivity index (χ1) is 8.45. The lowest BCUT2D eigenvalue weighted by molar-refractivity contribution is 0.498. The van der Waals surface area contributed by atoms with Crippen LogP contribution < -0.4 is 5.32 Å². The van der Waals surface area contributed by atoms with Gasteiger partial charge in [-0.05, 0) is 31.2 Å². The zero-order chi connectivity index (χ0) is 13.8. The standard InChI is InChI=1S/C13H20N2O2S/c1-5-9-15(4)18(16,17)13-8-6-7-12(10-14-3)11(13)2/h5-8,14H,1,9-10H2,2-4H3. The van der Waals surface area contributed by atoms with Crippen LogP contribution in [0.25, 0.3) is 0 Å². The van der Waals surface area contributed by atoms with Crippen LogP contribution in [0.1, 0.15) is 11.1 Å². The summed E-state index contributed by atoms with van der Waals surface area (Å²) in [6.07, 6.45) is 1.57. The molecular weight excluding hydrogens is 248 g/mol. The fraction of sp³-hybridized carbons (Fsp3) is 0.385.